The van der Waals surface area contributed by atoms with E-state index in [-0.39, 0.29) is 35.3 Å². The van der Waals surface area contributed by atoms with Crippen molar-refractivity contribution in [2.45, 2.75) is 26.1 Å². The molecule has 2 aliphatic heterocycles. The van der Waals surface area contributed by atoms with Crippen LogP contribution < -0.4 is 4.90 Å². The predicted molar refractivity (Wildman–Crippen MR) is 123 cm³/mol. The van der Waals surface area contributed by atoms with Gasteiger partial charge in [-0.1, -0.05) is 30.3 Å². The topological polar surface area (TPSA) is 96.2 Å². The first-order chi connectivity index (χ1) is 15.8. The van der Waals surface area contributed by atoms with E-state index in [0.717, 1.165) is 5.56 Å². The minimum absolute atomic E-state index is 0.00126. The fourth-order valence-electron chi connectivity index (χ4n) is 4.48. The Kier molecular flexibility index (Phi) is 6.60. The van der Waals surface area contributed by atoms with Crippen molar-refractivity contribution in [3.63, 3.8) is 0 Å². The molecule has 174 valence electrons. The van der Waals surface area contributed by atoms with Gasteiger partial charge in [-0.3, -0.25) is 19.7 Å². The highest BCUT2D eigenvalue weighted by Crippen LogP contribution is 2.32. The molecule has 0 aromatic heterocycles. The molecule has 0 aliphatic carbocycles. The number of nitro benzene ring substituents is 1. The lowest BCUT2D eigenvalue weighted by atomic mass is 10.0. The number of carbonyl (C=O) groups excluding carboxylic acids is 2. The number of piperazine rings is 1. The molecule has 2 aliphatic rings. The van der Waals surface area contributed by atoms with Gasteiger partial charge in [0.15, 0.2) is 0 Å². The lowest BCUT2D eigenvalue weighted by Crippen LogP contribution is -2.48. The van der Waals surface area contributed by atoms with E-state index in [1.165, 1.54) is 13.0 Å². The zero-order valence-corrected chi connectivity index (χ0v) is 18.8. The summed E-state index contributed by atoms with van der Waals surface area (Å²) in [5.74, 6) is -0.249. The number of hydrogen-bond acceptors (Lipinski definition) is 6. The molecule has 0 bridgehead atoms. The van der Waals surface area contributed by atoms with Crippen LogP contribution in [0.4, 0.5) is 11.4 Å². The standard InChI is InChI=1S/C24H28N4O5/c1-17-15-27(16-23(33-17)19-6-4-3-5-7-19)24(30)20-8-9-21(22(14-20)28(31)32)26-12-10-25(11-13-26)18(2)29/h3-9,14,17,23H,10-13,15-16H2,1-2H3. The van der Waals surface area contributed by atoms with Crippen LogP contribution in [0, 0.1) is 10.1 Å². The maximum absolute atomic E-state index is 13.3. The second-order valence-electron chi connectivity index (χ2n) is 8.51. The molecule has 2 atom stereocenters. The lowest BCUT2D eigenvalue weighted by molar-refractivity contribution is -0.384. The Bertz CT molecular complexity index is 1040. The molecular formula is C24H28N4O5. The second kappa shape index (κ2) is 9.58. The van der Waals surface area contributed by atoms with Crippen molar-refractivity contribution in [1.29, 1.82) is 0 Å². The number of hydrogen-bond donors (Lipinski definition) is 0. The molecule has 0 N–H and O–H groups in total. The molecule has 2 heterocycles. The summed E-state index contributed by atoms with van der Waals surface area (Å²) in [6.07, 6.45) is -0.398. The van der Waals surface area contributed by atoms with Crippen molar-refractivity contribution in [2.75, 3.05) is 44.2 Å². The van der Waals surface area contributed by atoms with E-state index in [9.17, 15) is 19.7 Å². The Morgan fingerprint density at radius 2 is 1.70 bits per heavy atom. The quantitative estimate of drug-likeness (QED) is 0.523. The first kappa shape index (κ1) is 22.7. The SMILES string of the molecule is CC(=O)N1CCN(c2ccc(C(=O)N3CC(C)OC(c4ccccc4)C3)cc2[N+](=O)[O-])CC1. The summed E-state index contributed by atoms with van der Waals surface area (Å²) in [5, 5.41) is 11.8. The first-order valence-corrected chi connectivity index (χ1v) is 11.1. The van der Waals surface area contributed by atoms with Crippen molar-refractivity contribution < 1.29 is 19.2 Å². The van der Waals surface area contributed by atoms with Gasteiger partial charge in [0.05, 0.1) is 17.6 Å². The summed E-state index contributed by atoms with van der Waals surface area (Å²) < 4.78 is 6.04. The average Bonchev–Trinajstić information content (AvgIpc) is 2.83. The maximum atomic E-state index is 13.3. The van der Waals surface area contributed by atoms with Crippen LogP contribution in [0.15, 0.2) is 48.5 Å². The van der Waals surface area contributed by atoms with Crippen LogP contribution in [0.5, 0.6) is 0 Å². The van der Waals surface area contributed by atoms with Crippen molar-refractivity contribution in [1.82, 2.24) is 9.80 Å². The third-order valence-electron chi connectivity index (χ3n) is 6.20. The second-order valence-corrected chi connectivity index (χ2v) is 8.51. The minimum atomic E-state index is -0.446. The summed E-state index contributed by atoms with van der Waals surface area (Å²) in [4.78, 5) is 41.6. The van der Waals surface area contributed by atoms with Gasteiger partial charge in [-0.25, -0.2) is 0 Å². The van der Waals surface area contributed by atoms with Gasteiger partial charge in [-0.05, 0) is 24.6 Å². The number of amides is 2. The highest BCUT2D eigenvalue weighted by Gasteiger charge is 2.32. The van der Waals surface area contributed by atoms with E-state index in [2.05, 4.69) is 0 Å². The summed E-state index contributed by atoms with van der Waals surface area (Å²) in [7, 11) is 0. The Balaban J connectivity index is 1.54. The molecule has 2 aromatic carbocycles. The van der Waals surface area contributed by atoms with E-state index >= 15 is 0 Å². The molecule has 4 rings (SSSR count). The molecule has 0 saturated carbocycles. The third-order valence-corrected chi connectivity index (χ3v) is 6.20. The van der Waals surface area contributed by atoms with E-state index in [1.807, 2.05) is 42.2 Å². The Hall–Kier alpha value is -3.46. The van der Waals surface area contributed by atoms with E-state index in [1.54, 1.807) is 21.9 Å². The Morgan fingerprint density at radius 3 is 2.33 bits per heavy atom. The minimum Gasteiger partial charge on any atom is -0.367 e. The van der Waals surface area contributed by atoms with Crippen LogP contribution in [0.3, 0.4) is 0 Å². The molecule has 2 aromatic rings. The van der Waals surface area contributed by atoms with Crippen molar-refractivity contribution >= 4 is 23.2 Å². The fraction of sp³-hybridized carbons (Fsp3) is 0.417. The van der Waals surface area contributed by atoms with E-state index in [4.69, 9.17) is 4.74 Å². The third kappa shape index (κ3) is 4.98. The number of anilines is 1. The number of carbonyl (C=O) groups is 2. The number of benzene rings is 2. The smallest absolute Gasteiger partial charge is 0.293 e. The molecule has 9 nitrogen and oxygen atoms in total. The van der Waals surface area contributed by atoms with Crippen LogP contribution in [0.1, 0.15) is 35.9 Å². The van der Waals surface area contributed by atoms with Gasteiger partial charge in [0.25, 0.3) is 11.6 Å². The maximum Gasteiger partial charge on any atom is 0.293 e. The Morgan fingerprint density at radius 1 is 1.00 bits per heavy atom. The zero-order chi connectivity index (χ0) is 23.5. The number of morpholine rings is 1. The molecule has 9 heteroatoms. The van der Waals surface area contributed by atoms with Gasteiger partial charge >= 0.3 is 0 Å². The molecule has 2 fully saturated rings. The highest BCUT2D eigenvalue weighted by atomic mass is 16.6. The molecule has 2 saturated heterocycles. The fourth-order valence-corrected chi connectivity index (χ4v) is 4.48. The van der Waals surface area contributed by atoms with Crippen molar-refractivity contribution in [3.8, 4) is 0 Å². The largest absolute Gasteiger partial charge is 0.367 e. The van der Waals surface area contributed by atoms with Crippen LogP contribution >= 0.6 is 0 Å². The van der Waals surface area contributed by atoms with Crippen molar-refractivity contribution in [2.24, 2.45) is 0 Å². The monoisotopic (exact) mass is 452 g/mol. The summed E-state index contributed by atoms with van der Waals surface area (Å²) in [6, 6.07) is 14.4. The molecule has 0 spiro atoms. The van der Waals surface area contributed by atoms with Crippen LogP contribution in [0.25, 0.3) is 0 Å². The molecule has 0 radical (unpaired) electrons. The van der Waals surface area contributed by atoms with E-state index in [0.29, 0.717) is 45.0 Å². The summed E-state index contributed by atoms with van der Waals surface area (Å²) in [6.45, 7) is 6.29. The van der Waals surface area contributed by atoms with Crippen LogP contribution in [-0.2, 0) is 9.53 Å². The van der Waals surface area contributed by atoms with Gasteiger partial charge in [0.2, 0.25) is 5.91 Å². The number of ether oxygens (including phenoxy) is 1. The molecular weight excluding hydrogens is 424 g/mol. The van der Waals surface area contributed by atoms with E-state index < -0.39 is 4.92 Å². The van der Waals surface area contributed by atoms with Gasteiger partial charge in [-0.2, -0.15) is 0 Å². The normalized spacial score (nSPS) is 21.1. The van der Waals surface area contributed by atoms with Gasteiger partial charge < -0.3 is 19.4 Å². The summed E-state index contributed by atoms with van der Waals surface area (Å²) in [5.41, 5.74) is 1.65. The van der Waals surface area contributed by atoms with Crippen LogP contribution in [-0.4, -0.2) is 71.9 Å². The molecule has 33 heavy (non-hydrogen) atoms. The predicted octanol–water partition coefficient (Wildman–Crippen LogP) is 2.87. The van der Waals surface area contributed by atoms with Crippen LogP contribution in [0.2, 0.25) is 0 Å². The summed E-state index contributed by atoms with van der Waals surface area (Å²) >= 11 is 0. The Labute approximate surface area is 192 Å². The first-order valence-electron chi connectivity index (χ1n) is 11.1. The molecule has 2 unspecified atom stereocenters. The lowest BCUT2D eigenvalue weighted by Gasteiger charge is -2.37. The zero-order valence-electron chi connectivity index (χ0n) is 18.8. The van der Waals surface area contributed by atoms with Gasteiger partial charge in [-0.15, -0.1) is 0 Å². The number of nitrogens with zero attached hydrogens (tertiary/aromatic N) is 4. The molecule has 2 amide bonds. The number of rotatable bonds is 4. The highest BCUT2D eigenvalue weighted by molar-refractivity contribution is 5.96. The van der Waals surface area contributed by atoms with Gasteiger partial charge in [0, 0.05) is 51.3 Å². The average molecular weight is 453 g/mol. The van der Waals surface area contributed by atoms with Gasteiger partial charge in [0.1, 0.15) is 11.8 Å². The number of nitro groups is 1. The van der Waals surface area contributed by atoms with Crippen molar-refractivity contribution in [3.05, 3.63) is 69.8 Å².